The van der Waals surface area contributed by atoms with Crippen LogP contribution in [0.1, 0.15) is 34.5 Å². The van der Waals surface area contributed by atoms with Gasteiger partial charge in [0.25, 0.3) is 5.91 Å². The Kier molecular flexibility index (Phi) is 4.86. The molecule has 0 atom stereocenters. The fraction of sp³-hybridized carbons (Fsp3) is 0.238. The third-order valence-corrected chi connectivity index (χ3v) is 5.43. The van der Waals surface area contributed by atoms with Gasteiger partial charge in [-0.05, 0) is 42.7 Å². The number of nitrogens with zero attached hydrogens (tertiary/aromatic N) is 2. The molecule has 4 nitrogen and oxygen atoms in total. The van der Waals surface area contributed by atoms with Crippen molar-refractivity contribution in [3.63, 3.8) is 0 Å². The highest BCUT2D eigenvalue weighted by Crippen LogP contribution is 2.47. The summed E-state index contributed by atoms with van der Waals surface area (Å²) in [5, 5.41) is 6.88. The van der Waals surface area contributed by atoms with Crippen LogP contribution >= 0.6 is 11.6 Å². The van der Waals surface area contributed by atoms with E-state index in [0.717, 1.165) is 29.3 Å². The van der Waals surface area contributed by atoms with E-state index in [2.05, 4.69) is 10.4 Å². The van der Waals surface area contributed by atoms with Gasteiger partial charge in [-0.2, -0.15) is 18.3 Å². The van der Waals surface area contributed by atoms with Crippen molar-refractivity contribution in [1.29, 1.82) is 0 Å². The highest BCUT2D eigenvalue weighted by molar-refractivity contribution is 6.30. The minimum atomic E-state index is -4.75. The Morgan fingerprint density at radius 1 is 1.10 bits per heavy atom. The zero-order valence-corrected chi connectivity index (χ0v) is 16.0. The van der Waals surface area contributed by atoms with Gasteiger partial charge >= 0.3 is 6.18 Å². The number of aromatic nitrogens is 2. The summed E-state index contributed by atoms with van der Waals surface area (Å²) in [5.41, 5.74) is -0.572. The molecule has 0 spiro atoms. The number of benzene rings is 2. The lowest BCUT2D eigenvalue weighted by molar-refractivity contribution is -0.143. The van der Waals surface area contributed by atoms with Gasteiger partial charge in [-0.15, -0.1) is 0 Å². The molecule has 0 unspecified atom stereocenters. The summed E-state index contributed by atoms with van der Waals surface area (Å²) in [7, 11) is 0. The van der Waals surface area contributed by atoms with Crippen LogP contribution in [-0.2, 0) is 11.6 Å². The normalized spacial score (nSPS) is 15.2. The van der Waals surface area contributed by atoms with Crippen LogP contribution in [-0.4, -0.2) is 22.2 Å². The molecule has 0 aliphatic heterocycles. The van der Waals surface area contributed by atoms with E-state index in [0.29, 0.717) is 5.02 Å². The van der Waals surface area contributed by atoms with Gasteiger partial charge in [-0.3, -0.25) is 4.79 Å². The number of nitrogens with one attached hydrogen (secondary N) is 1. The average Bonchev–Trinajstić information content (AvgIpc) is 3.36. The molecule has 0 bridgehead atoms. The molecule has 2 aromatic carbocycles. The Hall–Kier alpha value is -2.80. The molecule has 29 heavy (non-hydrogen) atoms. The molecule has 4 rings (SSSR count). The zero-order valence-electron chi connectivity index (χ0n) is 15.2. The first-order valence-electron chi connectivity index (χ1n) is 9.05. The highest BCUT2D eigenvalue weighted by Gasteiger charge is 2.45. The second kappa shape index (κ2) is 7.22. The molecule has 1 saturated carbocycles. The predicted molar refractivity (Wildman–Crippen MR) is 103 cm³/mol. The van der Waals surface area contributed by atoms with Crippen molar-refractivity contribution in [2.75, 3.05) is 6.54 Å². The lowest BCUT2D eigenvalue weighted by Gasteiger charge is -2.17. The van der Waals surface area contributed by atoms with Gasteiger partial charge in [0, 0.05) is 17.0 Å². The fourth-order valence-corrected chi connectivity index (χ4v) is 3.55. The summed E-state index contributed by atoms with van der Waals surface area (Å²) in [6.07, 6.45) is -2.03. The third-order valence-electron chi connectivity index (χ3n) is 5.18. The summed E-state index contributed by atoms with van der Waals surface area (Å²) in [6, 6.07) is 15.4. The molecule has 0 radical (unpaired) electrons. The molecule has 1 heterocycles. The van der Waals surface area contributed by atoms with Crippen LogP contribution in [0.15, 0.2) is 60.8 Å². The monoisotopic (exact) mass is 419 g/mol. The molecule has 3 aromatic rings. The summed E-state index contributed by atoms with van der Waals surface area (Å²) in [5.74, 6) is -0.792. The maximum Gasteiger partial charge on any atom is 0.434 e. The molecular weight excluding hydrogens is 403 g/mol. The Morgan fingerprint density at radius 3 is 2.34 bits per heavy atom. The molecule has 1 aromatic heterocycles. The summed E-state index contributed by atoms with van der Waals surface area (Å²) >= 11 is 5.81. The Morgan fingerprint density at radius 2 is 1.76 bits per heavy atom. The maximum atomic E-state index is 13.8. The number of hydrogen-bond donors (Lipinski definition) is 1. The lowest BCUT2D eigenvalue weighted by atomic mass is 9.96. The van der Waals surface area contributed by atoms with Gasteiger partial charge in [0.05, 0.1) is 17.4 Å². The summed E-state index contributed by atoms with van der Waals surface area (Å²) < 4.78 is 42.0. The summed E-state index contributed by atoms with van der Waals surface area (Å²) in [4.78, 5) is 12.6. The first-order valence-corrected chi connectivity index (χ1v) is 9.43. The minimum absolute atomic E-state index is 0.170. The van der Waals surface area contributed by atoms with E-state index in [9.17, 15) is 18.0 Å². The zero-order chi connectivity index (χ0) is 20.6. The second-order valence-corrected chi connectivity index (χ2v) is 7.56. The van der Waals surface area contributed by atoms with Crippen LogP contribution in [0.5, 0.6) is 0 Å². The topological polar surface area (TPSA) is 46.9 Å². The Bertz CT molecular complexity index is 1030. The highest BCUT2D eigenvalue weighted by atomic mass is 35.5. The second-order valence-electron chi connectivity index (χ2n) is 7.12. The first-order chi connectivity index (χ1) is 13.8. The molecule has 1 aliphatic carbocycles. The molecular formula is C21H17ClF3N3O. The van der Waals surface area contributed by atoms with Gasteiger partial charge in [-0.25, -0.2) is 4.68 Å². The molecule has 1 aliphatic rings. The number of carbonyl (C=O) groups excluding carboxylic acids is 1. The predicted octanol–water partition coefficient (Wildman–Crippen LogP) is 5.01. The van der Waals surface area contributed by atoms with Crippen molar-refractivity contribution in [3.05, 3.63) is 82.6 Å². The number of amides is 1. The van der Waals surface area contributed by atoms with Crippen molar-refractivity contribution >= 4 is 17.5 Å². The molecule has 1 amide bonds. The smallest absolute Gasteiger partial charge is 0.351 e. The molecule has 1 fully saturated rings. The summed E-state index contributed by atoms with van der Waals surface area (Å²) in [6.45, 7) is 0.277. The quantitative estimate of drug-likeness (QED) is 0.632. The van der Waals surface area contributed by atoms with Crippen LogP contribution in [0.3, 0.4) is 0 Å². The van der Waals surface area contributed by atoms with Crippen molar-refractivity contribution in [3.8, 4) is 5.69 Å². The van der Waals surface area contributed by atoms with Crippen LogP contribution in [0.4, 0.5) is 13.2 Å². The maximum absolute atomic E-state index is 13.8. The Labute approximate surface area is 170 Å². The lowest BCUT2D eigenvalue weighted by Crippen LogP contribution is -2.33. The Balaban J connectivity index is 1.60. The number of halogens is 4. The van der Waals surface area contributed by atoms with Crippen molar-refractivity contribution in [2.45, 2.75) is 24.4 Å². The van der Waals surface area contributed by atoms with Gasteiger partial charge in [0.15, 0.2) is 5.69 Å². The van der Waals surface area contributed by atoms with E-state index in [1.165, 1.54) is 24.3 Å². The number of rotatable bonds is 5. The minimum Gasteiger partial charge on any atom is -0.351 e. The van der Waals surface area contributed by atoms with Gasteiger partial charge < -0.3 is 5.32 Å². The van der Waals surface area contributed by atoms with Crippen LogP contribution in [0, 0.1) is 0 Å². The van der Waals surface area contributed by atoms with E-state index in [-0.39, 0.29) is 17.6 Å². The average molecular weight is 420 g/mol. The van der Waals surface area contributed by atoms with Crippen LogP contribution < -0.4 is 5.32 Å². The molecule has 1 N–H and O–H groups in total. The van der Waals surface area contributed by atoms with Crippen LogP contribution in [0.25, 0.3) is 5.69 Å². The SMILES string of the molecule is O=C(NCC1(c2ccccc2)CC1)c1cnn(-c2ccc(Cl)cc2)c1C(F)(F)F. The van der Waals surface area contributed by atoms with E-state index in [1.54, 1.807) is 0 Å². The van der Waals surface area contributed by atoms with Crippen LogP contribution in [0.2, 0.25) is 5.02 Å². The molecule has 150 valence electrons. The number of hydrogen-bond acceptors (Lipinski definition) is 2. The van der Waals surface area contributed by atoms with Gasteiger partial charge in [0.1, 0.15) is 0 Å². The van der Waals surface area contributed by atoms with Gasteiger partial charge in [-0.1, -0.05) is 41.9 Å². The van der Waals surface area contributed by atoms with E-state index in [4.69, 9.17) is 11.6 Å². The first kappa shape index (κ1) is 19.5. The van der Waals surface area contributed by atoms with E-state index >= 15 is 0 Å². The number of carbonyl (C=O) groups is 1. The van der Waals surface area contributed by atoms with E-state index < -0.39 is 23.3 Å². The van der Waals surface area contributed by atoms with Crippen molar-refractivity contribution in [1.82, 2.24) is 15.1 Å². The third kappa shape index (κ3) is 3.87. The standard InChI is InChI=1S/C21H17ClF3N3O/c22-15-6-8-16(9-7-15)28-18(21(23,24)25)17(12-27-28)19(29)26-13-20(10-11-20)14-4-2-1-3-5-14/h1-9,12H,10-11,13H2,(H,26,29). The van der Waals surface area contributed by atoms with E-state index in [1.807, 2.05) is 30.3 Å². The fourth-order valence-electron chi connectivity index (χ4n) is 3.42. The van der Waals surface area contributed by atoms with Gasteiger partial charge in [0.2, 0.25) is 0 Å². The largest absolute Gasteiger partial charge is 0.434 e. The molecule has 0 saturated heterocycles. The number of alkyl halides is 3. The molecule has 8 heteroatoms. The van der Waals surface area contributed by atoms with Crippen molar-refractivity contribution in [2.24, 2.45) is 0 Å². The van der Waals surface area contributed by atoms with Crippen molar-refractivity contribution < 1.29 is 18.0 Å².